The van der Waals surface area contributed by atoms with E-state index in [2.05, 4.69) is 20.8 Å². The van der Waals surface area contributed by atoms with Crippen LogP contribution in [0, 0.1) is 17.8 Å². The Hall–Kier alpha value is -0.790. The molecule has 0 aliphatic heterocycles. The quantitative estimate of drug-likeness (QED) is 0.666. The van der Waals surface area contributed by atoms with Gasteiger partial charge in [0, 0.05) is 5.57 Å². The highest BCUT2D eigenvalue weighted by atomic mass is 16.5. The molecule has 0 amide bonds. The van der Waals surface area contributed by atoms with Crippen molar-refractivity contribution in [3.8, 4) is 0 Å². The van der Waals surface area contributed by atoms with Gasteiger partial charge in [0.2, 0.25) is 0 Å². The Balaban J connectivity index is 1.95. The number of hydrogen-bond donors (Lipinski definition) is 0. The minimum Gasteiger partial charge on any atom is -0.462 e. The van der Waals surface area contributed by atoms with Crippen molar-refractivity contribution in [1.29, 1.82) is 0 Å². The third-order valence-corrected chi connectivity index (χ3v) is 3.57. The van der Waals surface area contributed by atoms with Crippen molar-refractivity contribution in [3.63, 3.8) is 0 Å². The van der Waals surface area contributed by atoms with Crippen LogP contribution < -0.4 is 0 Å². The van der Waals surface area contributed by atoms with E-state index in [-0.39, 0.29) is 5.97 Å². The summed E-state index contributed by atoms with van der Waals surface area (Å²) < 4.78 is 5.28. The first kappa shape index (κ1) is 10.7. The summed E-state index contributed by atoms with van der Waals surface area (Å²) in [6, 6.07) is 0. The number of carbonyl (C=O) groups excluding carboxylic acids is 1. The van der Waals surface area contributed by atoms with Crippen molar-refractivity contribution in [3.05, 3.63) is 11.1 Å². The van der Waals surface area contributed by atoms with Gasteiger partial charge in [0.25, 0.3) is 0 Å². The van der Waals surface area contributed by atoms with Crippen LogP contribution in [0.1, 0.15) is 40.0 Å². The molecule has 0 saturated heterocycles. The van der Waals surface area contributed by atoms with E-state index in [1.807, 2.05) is 0 Å². The minimum absolute atomic E-state index is 0.0481. The highest BCUT2D eigenvalue weighted by Gasteiger charge is 2.38. The molecule has 2 rings (SSSR count). The SMILES string of the molecule is CC(C)COC(=O)C1=C2CC(C)C(C2)C1. The smallest absolute Gasteiger partial charge is 0.333 e. The second kappa shape index (κ2) is 3.99. The zero-order valence-electron chi connectivity index (χ0n) is 9.88. The van der Waals surface area contributed by atoms with Crippen LogP contribution in [0.25, 0.3) is 0 Å². The van der Waals surface area contributed by atoms with E-state index in [0.717, 1.165) is 36.7 Å². The number of fused-ring (bicyclic) bond motifs is 2. The number of ether oxygens (including phenoxy) is 1. The van der Waals surface area contributed by atoms with Crippen molar-refractivity contribution >= 4 is 5.97 Å². The van der Waals surface area contributed by atoms with Crippen LogP contribution in [0.15, 0.2) is 11.1 Å². The summed E-state index contributed by atoms with van der Waals surface area (Å²) >= 11 is 0. The summed E-state index contributed by atoms with van der Waals surface area (Å²) in [6.07, 6.45) is 3.23. The van der Waals surface area contributed by atoms with Gasteiger partial charge in [-0.3, -0.25) is 0 Å². The predicted molar refractivity (Wildman–Crippen MR) is 59.3 cm³/mol. The molecule has 2 heteroatoms. The third-order valence-electron chi connectivity index (χ3n) is 3.57. The Labute approximate surface area is 91.7 Å². The van der Waals surface area contributed by atoms with E-state index in [4.69, 9.17) is 4.74 Å². The fourth-order valence-electron chi connectivity index (χ4n) is 2.64. The van der Waals surface area contributed by atoms with Crippen LogP contribution in [0.4, 0.5) is 0 Å². The van der Waals surface area contributed by atoms with Crippen LogP contribution in [-0.4, -0.2) is 12.6 Å². The lowest BCUT2D eigenvalue weighted by molar-refractivity contribution is -0.140. The van der Waals surface area contributed by atoms with Crippen molar-refractivity contribution in [2.75, 3.05) is 6.61 Å². The largest absolute Gasteiger partial charge is 0.462 e. The van der Waals surface area contributed by atoms with Gasteiger partial charge >= 0.3 is 5.97 Å². The lowest BCUT2D eigenvalue weighted by atomic mass is 9.90. The molecule has 2 nitrogen and oxygen atoms in total. The Morgan fingerprint density at radius 3 is 2.60 bits per heavy atom. The Kier molecular flexibility index (Phi) is 2.85. The Bertz CT molecular complexity index is 302. The molecule has 1 saturated carbocycles. The molecule has 0 aromatic heterocycles. The maximum atomic E-state index is 11.8. The van der Waals surface area contributed by atoms with E-state index < -0.39 is 0 Å². The van der Waals surface area contributed by atoms with E-state index >= 15 is 0 Å². The monoisotopic (exact) mass is 208 g/mol. The topological polar surface area (TPSA) is 26.3 Å². The average molecular weight is 208 g/mol. The molecule has 2 bridgehead atoms. The first-order valence-electron chi connectivity index (χ1n) is 5.96. The molecule has 2 atom stereocenters. The molecule has 0 heterocycles. The van der Waals surface area contributed by atoms with Gasteiger partial charge in [0.15, 0.2) is 0 Å². The van der Waals surface area contributed by atoms with Crippen LogP contribution in [-0.2, 0) is 9.53 Å². The van der Waals surface area contributed by atoms with E-state index in [1.54, 1.807) is 0 Å². The molecule has 2 aliphatic rings. The molecule has 1 fully saturated rings. The summed E-state index contributed by atoms with van der Waals surface area (Å²) in [5.74, 6) is 1.88. The fraction of sp³-hybridized carbons (Fsp3) is 0.769. The van der Waals surface area contributed by atoms with Crippen molar-refractivity contribution < 1.29 is 9.53 Å². The fourth-order valence-corrected chi connectivity index (χ4v) is 2.64. The van der Waals surface area contributed by atoms with Gasteiger partial charge in [0.1, 0.15) is 0 Å². The number of allylic oxidation sites excluding steroid dienone is 1. The zero-order valence-corrected chi connectivity index (χ0v) is 9.88. The lowest BCUT2D eigenvalue weighted by Crippen LogP contribution is -2.16. The predicted octanol–water partition coefficient (Wildman–Crippen LogP) is 2.93. The van der Waals surface area contributed by atoms with Gasteiger partial charge in [0.05, 0.1) is 6.61 Å². The molecule has 2 unspecified atom stereocenters. The van der Waals surface area contributed by atoms with Crippen molar-refractivity contribution in [2.24, 2.45) is 17.8 Å². The van der Waals surface area contributed by atoms with Gasteiger partial charge < -0.3 is 4.74 Å². The second-order valence-electron chi connectivity index (χ2n) is 5.42. The van der Waals surface area contributed by atoms with Crippen molar-refractivity contribution in [2.45, 2.75) is 40.0 Å². The number of hydrogen-bond acceptors (Lipinski definition) is 2. The number of carbonyl (C=O) groups is 1. The number of esters is 1. The molecule has 0 spiro atoms. The highest BCUT2D eigenvalue weighted by molar-refractivity contribution is 5.90. The first-order valence-corrected chi connectivity index (χ1v) is 5.96. The standard InChI is InChI=1S/C13H20O2/c1-8(2)7-15-13(14)12-6-10-5-11(12)4-9(10)3/h8-10H,4-7H2,1-3H3. The molecule has 15 heavy (non-hydrogen) atoms. The third kappa shape index (κ3) is 2.09. The molecular formula is C13H20O2. The zero-order chi connectivity index (χ0) is 11.0. The summed E-state index contributed by atoms with van der Waals surface area (Å²) in [4.78, 5) is 11.8. The molecule has 0 aromatic carbocycles. The molecule has 0 N–H and O–H groups in total. The minimum atomic E-state index is -0.0481. The van der Waals surface area contributed by atoms with E-state index in [1.165, 1.54) is 5.57 Å². The van der Waals surface area contributed by atoms with Crippen LogP contribution in [0.3, 0.4) is 0 Å². The van der Waals surface area contributed by atoms with Gasteiger partial charge in [-0.1, -0.05) is 26.3 Å². The highest BCUT2D eigenvalue weighted by Crippen LogP contribution is 2.47. The van der Waals surface area contributed by atoms with E-state index in [9.17, 15) is 4.79 Å². The lowest BCUT2D eigenvalue weighted by Gasteiger charge is -2.17. The summed E-state index contributed by atoms with van der Waals surface area (Å²) in [6.45, 7) is 6.96. The first-order chi connectivity index (χ1) is 7.08. The van der Waals surface area contributed by atoms with Crippen LogP contribution in [0.5, 0.6) is 0 Å². The van der Waals surface area contributed by atoms with Gasteiger partial charge in [-0.15, -0.1) is 0 Å². The van der Waals surface area contributed by atoms with E-state index in [0.29, 0.717) is 12.5 Å². The molecule has 2 aliphatic carbocycles. The Morgan fingerprint density at radius 1 is 1.40 bits per heavy atom. The normalized spacial score (nSPS) is 29.1. The molecule has 84 valence electrons. The average Bonchev–Trinajstić information content (AvgIpc) is 2.72. The van der Waals surface area contributed by atoms with Crippen LogP contribution in [0.2, 0.25) is 0 Å². The second-order valence-corrected chi connectivity index (χ2v) is 5.42. The Morgan fingerprint density at radius 2 is 2.13 bits per heavy atom. The summed E-state index contributed by atoms with van der Waals surface area (Å²) in [5, 5.41) is 0. The maximum Gasteiger partial charge on any atom is 0.333 e. The maximum absolute atomic E-state index is 11.8. The molecule has 0 radical (unpaired) electrons. The number of rotatable bonds is 3. The molecular weight excluding hydrogens is 188 g/mol. The van der Waals surface area contributed by atoms with Gasteiger partial charge in [-0.25, -0.2) is 4.79 Å². The van der Waals surface area contributed by atoms with Crippen molar-refractivity contribution in [1.82, 2.24) is 0 Å². The molecule has 0 aromatic rings. The van der Waals surface area contributed by atoms with Gasteiger partial charge in [-0.2, -0.15) is 0 Å². The van der Waals surface area contributed by atoms with Gasteiger partial charge in [-0.05, 0) is 37.0 Å². The van der Waals surface area contributed by atoms with Crippen LogP contribution >= 0.6 is 0 Å². The summed E-state index contributed by atoms with van der Waals surface area (Å²) in [5.41, 5.74) is 2.38. The summed E-state index contributed by atoms with van der Waals surface area (Å²) in [7, 11) is 0.